The molecule has 0 aromatic heterocycles. The predicted octanol–water partition coefficient (Wildman–Crippen LogP) is 3.19. The number of hydrogen-bond donors (Lipinski definition) is 2. The van der Waals surface area contributed by atoms with Gasteiger partial charge in [0.1, 0.15) is 0 Å². The Labute approximate surface area is 168 Å². The quantitative estimate of drug-likeness (QED) is 0.283. The zero-order valence-corrected chi connectivity index (χ0v) is 18.0. The van der Waals surface area contributed by atoms with Crippen molar-refractivity contribution in [2.75, 3.05) is 38.2 Å². The smallest absolute Gasteiger partial charge is 0.191 e. The van der Waals surface area contributed by atoms with E-state index in [-0.39, 0.29) is 24.0 Å². The van der Waals surface area contributed by atoms with E-state index in [2.05, 4.69) is 64.0 Å². The Morgan fingerprint density at radius 1 is 1.25 bits per heavy atom. The summed E-state index contributed by atoms with van der Waals surface area (Å²) >= 11 is 1.84. The molecule has 6 heteroatoms. The van der Waals surface area contributed by atoms with Gasteiger partial charge in [-0.3, -0.25) is 9.89 Å². The highest BCUT2D eigenvalue weighted by atomic mass is 127. The van der Waals surface area contributed by atoms with Crippen LogP contribution in [0, 0.1) is 0 Å². The van der Waals surface area contributed by atoms with Gasteiger partial charge in [-0.25, -0.2) is 0 Å². The molecule has 0 radical (unpaired) electrons. The summed E-state index contributed by atoms with van der Waals surface area (Å²) in [5.74, 6) is 2.05. The molecule has 0 bridgehead atoms. The number of nitrogens with zero attached hydrogens (tertiary/aromatic N) is 2. The third kappa shape index (κ3) is 8.07. The number of thioether (sulfide) groups is 1. The minimum absolute atomic E-state index is 0. The molecule has 2 N–H and O–H groups in total. The molecule has 1 aromatic carbocycles. The van der Waals surface area contributed by atoms with Crippen LogP contribution in [0.2, 0.25) is 0 Å². The fraction of sp³-hybridized carbons (Fsp3) is 0.611. The van der Waals surface area contributed by atoms with Gasteiger partial charge in [0, 0.05) is 38.0 Å². The van der Waals surface area contributed by atoms with E-state index in [1.165, 1.54) is 18.4 Å². The summed E-state index contributed by atoms with van der Waals surface area (Å²) < 4.78 is 0. The number of benzene rings is 1. The minimum Gasteiger partial charge on any atom is -0.357 e. The van der Waals surface area contributed by atoms with E-state index in [0.717, 1.165) is 44.4 Å². The van der Waals surface area contributed by atoms with Gasteiger partial charge in [-0.05, 0) is 31.6 Å². The molecule has 0 amide bonds. The van der Waals surface area contributed by atoms with Crippen LogP contribution in [0.4, 0.5) is 0 Å². The van der Waals surface area contributed by atoms with Gasteiger partial charge in [-0.2, -0.15) is 11.8 Å². The van der Waals surface area contributed by atoms with E-state index in [9.17, 15) is 0 Å². The van der Waals surface area contributed by atoms with Gasteiger partial charge in [-0.15, -0.1) is 24.0 Å². The average Bonchev–Trinajstić information content (AvgIpc) is 2.58. The number of rotatable bonds is 7. The Morgan fingerprint density at radius 2 is 1.96 bits per heavy atom. The van der Waals surface area contributed by atoms with Crippen molar-refractivity contribution in [1.29, 1.82) is 0 Å². The van der Waals surface area contributed by atoms with Crippen molar-refractivity contribution in [3.05, 3.63) is 35.9 Å². The van der Waals surface area contributed by atoms with Crippen molar-refractivity contribution >= 4 is 41.7 Å². The van der Waals surface area contributed by atoms with Crippen molar-refractivity contribution in [3.63, 3.8) is 0 Å². The molecule has 0 aliphatic carbocycles. The summed E-state index contributed by atoms with van der Waals surface area (Å²) in [6, 6.07) is 11.3. The topological polar surface area (TPSA) is 39.7 Å². The molecule has 2 rings (SSSR count). The molecule has 0 unspecified atom stereocenters. The van der Waals surface area contributed by atoms with Crippen LogP contribution in [0.25, 0.3) is 0 Å². The summed E-state index contributed by atoms with van der Waals surface area (Å²) in [5.41, 5.74) is 1.41. The van der Waals surface area contributed by atoms with Gasteiger partial charge in [0.25, 0.3) is 0 Å². The van der Waals surface area contributed by atoms with Crippen molar-refractivity contribution in [2.24, 2.45) is 4.99 Å². The van der Waals surface area contributed by atoms with Gasteiger partial charge in [0.15, 0.2) is 5.96 Å². The van der Waals surface area contributed by atoms with Crippen molar-refractivity contribution in [3.8, 4) is 0 Å². The summed E-state index contributed by atoms with van der Waals surface area (Å²) in [5, 5.41) is 6.96. The van der Waals surface area contributed by atoms with E-state index >= 15 is 0 Å². The van der Waals surface area contributed by atoms with Crippen molar-refractivity contribution in [2.45, 2.75) is 32.4 Å². The van der Waals surface area contributed by atoms with Gasteiger partial charge in [-0.1, -0.05) is 30.3 Å². The summed E-state index contributed by atoms with van der Waals surface area (Å²) in [6.07, 6.45) is 4.48. The third-order valence-corrected chi connectivity index (χ3v) is 4.68. The van der Waals surface area contributed by atoms with Crippen LogP contribution >= 0.6 is 35.7 Å². The van der Waals surface area contributed by atoms with Gasteiger partial charge in [0.05, 0.1) is 6.54 Å². The lowest BCUT2D eigenvalue weighted by Gasteiger charge is -2.33. The van der Waals surface area contributed by atoms with Gasteiger partial charge in [0.2, 0.25) is 0 Å². The zero-order chi connectivity index (χ0) is 16.3. The maximum absolute atomic E-state index is 4.64. The van der Waals surface area contributed by atoms with E-state index in [1.54, 1.807) is 0 Å². The normalized spacial score (nSPS) is 16.5. The number of halogens is 1. The SMILES string of the molecule is CCNC(=NCCSC)NC1CCN(Cc2ccccc2)CC1.I. The molecule has 4 nitrogen and oxygen atoms in total. The number of piperidine rings is 1. The second kappa shape index (κ2) is 12.8. The lowest BCUT2D eigenvalue weighted by Crippen LogP contribution is -2.48. The number of likely N-dealkylation sites (tertiary alicyclic amines) is 1. The van der Waals surface area contributed by atoms with Crippen LogP contribution in [-0.2, 0) is 6.54 Å². The van der Waals surface area contributed by atoms with Crippen LogP contribution in [0.1, 0.15) is 25.3 Å². The number of hydrogen-bond acceptors (Lipinski definition) is 3. The molecule has 1 aliphatic heterocycles. The Balaban J connectivity index is 0.00000288. The Morgan fingerprint density at radius 3 is 2.58 bits per heavy atom. The minimum atomic E-state index is 0. The van der Waals surface area contributed by atoms with Gasteiger partial charge < -0.3 is 10.6 Å². The first-order chi connectivity index (χ1) is 11.3. The molecule has 1 aliphatic rings. The molecule has 1 heterocycles. The highest BCUT2D eigenvalue weighted by Gasteiger charge is 2.19. The Bertz CT molecular complexity index is 461. The lowest BCUT2D eigenvalue weighted by molar-refractivity contribution is 0.198. The highest BCUT2D eigenvalue weighted by Crippen LogP contribution is 2.13. The first kappa shape index (κ1) is 21.6. The van der Waals surface area contributed by atoms with Crippen LogP contribution < -0.4 is 10.6 Å². The molecule has 1 aromatic rings. The van der Waals surface area contributed by atoms with Crippen LogP contribution in [0.15, 0.2) is 35.3 Å². The first-order valence-corrected chi connectivity index (χ1v) is 10.0. The molecular formula is C18H31IN4S. The molecular weight excluding hydrogens is 431 g/mol. The Hall–Kier alpha value is -0.470. The molecule has 24 heavy (non-hydrogen) atoms. The summed E-state index contributed by atoms with van der Waals surface area (Å²) in [7, 11) is 0. The second-order valence-corrected chi connectivity index (χ2v) is 6.92. The number of guanidine groups is 1. The molecule has 0 saturated carbocycles. The van der Waals surface area contributed by atoms with Gasteiger partial charge >= 0.3 is 0 Å². The van der Waals surface area contributed by atoms with E-state index < -0.39 is 0 Å². The molecule has 1 saturated heterocycles. The van der Waals surface area contributed by atoms with E-state index in [1.807, 2.05) is 11.8 Å². The summed E-state index contributed by atoms with van der Waals surface area (Å²) in [4.78, 5) is 7.19. The maximum Gasteiger partial charge on any atom is 0.191 e. The van der Waals surface area contributed by atoms with E-state index in [4.69, 9.17) is 0 Å². The largest absolute Gasteiger partial charge is 0.357 e. The summed E-state index contributed by atoms with van der Waals surface area (Å²) in [6.45, 7) is 7.28. The zero-order valence-electron chi connectivity index (χ0n) is 14.8. The highest BCUT2D eigenvalue weighted by molar-refractivity contribution is 14.0. The molecule has 1 fully saturated rings. The maximum atomic E-state index is 4.64. The predicted molar refractivity (Wildman–Crippen MR) is 118 cm³/mol. The number of nitrogens with one attached hydrogen (secondary N) is 2. The lowest BCUT2D eigenvalue weighted by atomic mass is 10.0. The van der Waals surface area contributed by atoms with E-state index in [0.29, 0.717) is 6.04 Å². The van der Waals surface area contributed by atoms with Crippen LogP contribution in [0.3, 0.4) is 0 Å². The fourth-order valence-corrected chi connectivity index (χ4v) is 3.11. The Kier molecular flexibility index (Phi) is 11.5. The monoisotopic (exact) mass is 462 g/mol. The molecule has 136 valence electrons. The molecule has 0 spiro atoms. The van der Waals surface area contributed by atoms with Crippen LogP contribution in [-0.4, -0.2) is 55.1 Å². The van der Waals surface area contributed by atoms with Crippen molar-refractivity contribution < 1.29 is 0 Å². The van der Waals surface area contributed by atoms with Crippen LogP contribution in [0.5, 0.6) is 0 Å². The molecule has 0 atom stereocenters. The number of aliphatic imine (C=N–C) groups is 1. The van der Waals surface area contributed by atoms with Crippen molar-refractivity contribution in [1.82, 2.24) is 15.5 Å². The average molecular weight is 462 g/mol. The standard InChI is InChI=1S/C18H30N4S.HI/c1-3-19-18(20-11-14-23-2)21-17-9-12-22(13-10-17)15-16-7-5-4-6-8-16;/h4-8,17H,3,9-15H2,1-2H3,(H2,19,20,21);1H. The second-order valence-electron chi connectivity index (χ2n) is 5.93. The fourth-order valence-electron chi connectivity index (χ4n) is 2.84. The third-order valence-electron chi connectivity index (χ3n) is 4.09. The first-order valence-electron chi connectivity index (χ1n) is 8.62.